The molecule has 1 aromatic carbocycles. The van der Waals surface area contributed by atoms with E-state index >= 15 is 0 Å². The number of hydrogen-bond acceptors (Lipinski definition) is 3. The van der Waals surface area contributed by atoms with Crippen LogP contribution in [0.4, 0.5) is 32.0 Å². The second-order valence-electron chi connectivity index (χ2n) is 8.17. The van der Waals surface area contributed by atoms with Gasteiger partial charge in [0.05, 0.1) is 16.6 Å². The van der Waals surface area contributed by atoms with Gasteiger partial charge in [0.2, 0.25) is 0 Å². The fourth-order valence-corrected chi connectivity index (χ4v) is 4.36. The average Bonchev–Trinajstić information content (AvgIpc) is 3.24. The summed E-state index contributed by atoms with van der Waals surface area (Å²) in [6.07, 6.45) is -5.53. The number of carbonyl (C=O) groups excluding carboxylic acids is 1. The highest BCUT2D eigenvalue weighted by Crippen LogP contribution is 2.36. The van der Waals surface area contributed by atoms with E-state index in [0.717, 1.165) is 18.5 Å². The lowest BCUT2D eigenvalue weighted by Gasteiger charge is -2.31. The van der Waals surface area contributed by atoms with Crippen LogP contribution in [0.25, 0.3) is 10.9 Å². The molecule has 0 bridgehead atoms. The molecule has 5 nitrogen and oxygen atoms in total. The summed E-state index contributed by atoms with van der Waals surface area (Å²) in [5.41, 5.74) is -2.31. The SMILES string of the molecule is O=C(N[C@@H]1CCC[C@H](Nc2cc(C(F)(F)F)nc3ccc(Cl)cc23)C1)c1c[nH]cc1C(F)(F)F. The third kappa shape index (κ3) is 5.24. The van der Waals surface area contributed by atoms with E-state index in [9.17, 15) is 31.1 Å². The van der Waals surface area contributed by atoms with Gasteiger partial charge in [-0.15, -0.1) is 0 Å². The zero-order chi connectivity index (χ0) is 24.7. The normalized spacial score (nSPS) is 19.3. The second kappa shape index (κ2) is 9.01. The van der Waals surface area contributed by atoms with Crippen molar-refractivity contribution in [1.82, 2.24) is 15.3 Å². The number of carbonyl (C=O) groups is 1. The van der Waals surface area contributed by atoms with Gasteiger partial charge in [-0.2, -0.15) is 26.3 Å². The quantitative estimate of drug-likeness (QED) is 0.360. The van der Waals surface area contributed by atoms with Gasteiger partial charge in [0, 0.05) is 40.6 Å². The van der Waals surface area contributed by atoms with E-state index < -0.39 is 41.1 Å². The molecule has 1 saturated carbocycles. The number of halogens is 7. The van der Waals surface area contributed by atoms with E-state index in [1.165, 1.54) is 18.2 Å². The predicted octanol–water partition coefficient (Wildman–Crippen LogP) is 6.41. The summed E-state index contributed by atoms with van der Waals surface area (Å²) >= 11 is 6.03. The molecule has 0 saturated heterocycles. The number of aromatic amines is 1. The number of aromatic nitrogens is 2. The van der Waals surface area contributed by atoms with Crippen LogP contribution in [0, 0.1) is 0 Å². The van der Waals surface area contributed by atoms with E-state index in [0.29, 0.717) is 36.1 Å². The van der Waals surface area contributed by atoms with Crippen molar-refractivity contribution in [1.29, 1.82) is 0 Å². The van der Waals surface area contributed by atoms with Crippen LogP contribution in [0.2, 0.25) is 5.02 Å². The number of hydrogen-bond donors (Lipinski definition) is 3. The van der Waals surface area contributed by atoms with Gasteiger partial charge < -0.3 is 15.6 Å². The van der Waals surface area contributed by atoms with E-state index in [1.54, 1.807) is 0 Å². The Hall–Kier alpha value is -2.95. The van der Waals surface area contributed by atoms with Crippen LogP contribution >= 0.6 is 11.6 Å². The predicted molar refractivity (Wildman–Crippen MR) is 115 cm³/mol. The highest BCUT2D eigenvalue weighted by atomic mass is 35.5. The molecule has 12 heteroatoms. The lowest BCUT2D eigenvalue weighted by molar-refractivity contribution is -0.141. The molecule has 0 radical (unpaired) electrons. The molecule has 182 valence electrons. The molecule has 3 N–H and O–H groups in total. The van der Waals surface area contributed by atoms with Crippen LogP contribution in [0.3, 0.4) is 0 Å². The van der Waals surface area contributed by atoms with Crippen molar-refractivity contribution in [3.63, 3.8) is 0 Å². The van der Waals surface area contributed by atoms with Crippen molar-refractivity contribution in [3.05, 3.63) is 58.5 Å². The number of fused-ring (bicyclic) bond motifs is 1. The van der Waals surface area contributed by atoms with Crippen LogP contribution < -0.4 is 10.6 Å². The third-order valence-electron chi connectivity index (χ3n) is 5.73. The fourth-order valence-electron chi connectivity index (χ4n) is 4.18. The van der Waals surface area contributed by atoms with Crippen LogP contribution in [0.5, 0.6) is 0 Å². The number of benzene rings is 1. The molecular formula is C22H19ClF6N4O. The highest BCUT2D eigenvalue weighted by molar-refractivity contribution is 6.31. The molecule has 1 amide bonds. The van der Waals surface area contributed by atoms with Crippen LogP contribution in [0.1, 0.15) is 47.3 Å². The first-order chi connectivity index (χ1) is 15.9. The highest BCUT2D eigenvalue weighted by Gasteiger charge is 2.37. The van der Waals surface area contributed by atoms with Gasteiger partial charge in [-0.25, -0.2) is 4.98 Å². The lowest BCUT2D eigenvalue weighted by Crippen LogP contribution is -2.42. The van der Waals surface area contributed by atoms with Gasteiger partial charge in [-0.1, -0.05) is 11.6 Å². The molecule has 1 aliphatic carbocycles. The van der Waals surface area contributed by atoms with Gasteiger partial charge in [0.25, 0.3) is 5.91 Å². The summed E-state index contributed by atoms with van der Waals surface area (Å²) in [7, 11) is 0. The largest absolute Gasteiger partial charge is 0.433 e. The third-order valence-corrected chi connectivity index (χ3v) is 5.96. The first kappa shape index (κ1) is 24.2. The molecule has 4 rings (SSSR count). The van der Waals surface area contributed by atoms with Crippen LogP contribution in [-0.4, -0.2) is 28.0 Å². The summed E-state index contributed by atoms with van der Waals surface area (Å²) in [5, 5.41) is 6.46. The molecular weight excluding hydrogens is 486 g/mol. The molecule has 34 heavy (non-hydrogen) atoms. The number of anilines is 1. The Morgan fingerprint density at radius 1 is 1.03 bits per heavy atom. The number of rotatable bonds is 4. The zero-order valence-electron chi connectivity index (χ0n) is 17.4. The molecule has 2 atom stereocenters. The Kier molecular flexibility index (Phi) is 6.41. The molecule has 1 aliphatic rings. The molecule has 2 heterocycles. The summed E-state index contributed by atoms with van der Waals surface area (Å²) in [6, 6.07) is 4.50. The number of alkyl halides is 6. The summed E-state index contributed by atoms with van der Waals surface area (Å²) in [5.74, 6) is -0.861. The second-order valence-corrected chi connectivity index (χ2v) is 8.61. The molecule has 1 fully saturated rings. The maximum absolute atomic E-state index is 13.4. The summed E-state index contributed by atoms with van der Waals surface area (Å²) in [4.78, 5) is 18.5. The Morgan fingerprint density at radius 3 is 2.47 bits per heavy atom. The topological polar surface area (TPSA) is 69.8 Å². The van der Waals surface area contributed by atoms with Crippen LogP contribution in [0.15, 0.2) is 36.7 Å². The van der Waals surface area contributed by atoms with Crippen molar-refractivity contribution in [2.75, 3.05) is 5.32 Å². The minimum atomic E-state index is -4.68. The fraction of sp³-hybridized carbons (Fsp3) is 0.364. The molecule has 0 unspecified atom stereocenters. The van der Waals surface area contributed by atoms with E-state index in [-0.39, 0.29) is 17.2 Å². The van der Waals surface area contributed by atoms with Crippen molar-refractivity contribution < 1.29 is 31.1 Å². The Balaban J connectivity index is 1.53. The Labute approximate surface area is 194 Å². The van der Waals surface area contributed by atoms with Gasteiger partial charge in [-0.3, -0.25) is 4.79 Å². The number of H-pyrrole nitrogens is 1. The van der Waals surface area contributed by atoms with Crippen molar-refractivity contribution in [2.24, 2.45) is 0 Å². The van der Waals surface area contributed by atoms with E-state index in [2.05, 4.69) is 20.6 Å². The standard InChI is InChI=1S/C22H19ClF6N4O/c23-11-4-5-17-14(6-11)18(8-19(33-17)22(27,28)29)31-12-2-1-3-13(7-12)32-20(34)15-9-30-10-16(15)21(24,25)26/h4-6,8-10,12-13,30H,1-3,7H2,(H,31,33)(H,32,34)/t12-,13+/m0/s1. The number of pyridine rings is 1. The maximum Gasteiger partial charge on any atom is 0.433 e. The zero-order valence-corrected chi connectivity index (χ0v) is 18.2. The van der Waals surface area contributed by atoms with Gasteiger partial charge in [0.15, 0.2) is 0 Å². The van der Waals surface area contributed by atoms with E-state index in [1.807, 2.05) is 0 Å². The van der Waals surface area contributed by atoms with Crippen LogP contribution in [-0.2, 0) is 12.4 Å². The lowest BCUT2D eigenvalue weighted by atomic mass is 9.90. The van der Waals surface area contributed by atoms with Gasteiger partial charge in [0.1, 0.15) is 5.69 Å². The van der Waals surface area contributed by atoms with Crippen molar-refractivity contribution in [3.8, 4) is 0 Å². The molecule has 2 aromatic heterocycles. The first-order valence-corrected chi connectivity index (χ1v) is 10.8. The monoisotopic (exact) mass is 504 g/mol. The molecule has 0 spiro atoms. The molecule has 0 aliphatic heterocycles. The minimum absolute atomic E-state index is 0.120. The van der Waals surface area contributed by atoms with Gasteiger partial charge in [-0.05, 0) is 49.9 Å². The summed E-state index contributed by atoms with van der Waals surface area (Å²) < 4.78 is 79.4. The molecule has 3 aromatic rings. The smallest absolute Gasteiger partial charge is 0.382 e. The van der Waals surface area contributed by atoms with Gasteiger partial charge >= 0.3 is 12.4 Å². The Bertz CT molecular complexity index is 1210. The number of nitrogens with zero attached hydrogens (tertiary/aromatic N) is 1. The maximum atomic E-state index is 13.4. The van der Waals surface area contributed by atoms with E-state index in [4.69, 9.17) is 11.6 Å². The first-order valence-electron chi connectivity index (χ1n) is 10.4. The van der Waals surface area contributed by atoms with Crippen molar-refractivity contribution >= 4 is 34.1 Å². The Morgan fingerprint density at radius 2 is 1.76 bits per heavy atom. The average molecular weight is 505 g/mol. The number of amides is 1. The number of nitrogens with one attached hydrogen (secondary N) is 3. The minimum Gasteiger partial charge on any atom is -0.382 e. The van der Waals surface area contributed by atoms with Crippen molar-refractivity contribution in [2.45, 2.75) is 50.1 Å². The summed E-state index contributed by atoms with van der Waals surface area (Å²) in [6.45, 7) is 0.